The number of nitrogens with one attached hydrogen (secondary N) is 1. The van der Waals surface area contributed by atoms with E-state index in [1.165, 1.54) is 10.6 Å². The van der Waals surface area contributed by atoms with Crippen LogP contribution in [-0.4, -0.2) is 27.0 Å². The molecule has 2 N–H and O–H groups in total. The number of benzene rings is 1. The molecule has 1 aromatic carbocycles. The van der Waals surface area contributed by atoms with Gasteiger partial charge in [0.05, 0.1) is 12.6 Å². The van der Waals surface area contributed by atoms with Gasteiger partial charge in [-0.1, -0.05) is 30.3 Å². The number of hydrogen-bond acceptors (Lipinski definition) is 4. The van der Waals surface area contributed by atoms with Crippen LogP contribution in [0.3, 0.4) is 0 Å². The van der Waals surface area contributed by atoms with Crippen molar-refractivity contribution < 1.29 is 9.90 Å². The molecule has 2 heterocycles. The number of amides is 1. The fraction of sp³-hybridized carbons (Fsp3) is 0.167. The van der Waals surface area contributed by atoms with Crippen molar-refractivity contribution in [3.63, 3.8) is 0 Å². The Balaban J connectivity index is 1.92. The van der Waals surface area contributed by atoms with Crippen molar-refractivity contribution in [2.24, 2.45) is 0 Å². The van der Waals surface area contributed by atoms with E-state index in [0.717, 1.165) is 11.1 Å². The third kappa shape index (κ3) is 3.04. The van der Waals surface area contributed by atoms with Crippen molar-refractivity contribution in [3.8, 4) is 0 Å². The van der Waals surface area contributed by atoms with E-state index >= 15 is 0 Å². The van der Waals surface area contributed by atoms with Crippen molar-refractivity contribution in [3.05, 3.63) is 81.9 Å². The molecule has 0 aliphatic carbocycles. The molecule has 0 saturated heterocycles. The number of hydrogen-bond donors (Lipinski definition) is 2. The minimum absolute atomic E-state index is 0.0641. The maximum Gasteiger partial charge on any atom is 0.270 e. The first-order chi connectivity index (χ1) is 11.6. The van der Waals surface area contributed by atoms with Crippen molar-refractivity contribution in [2.75, 3.05) is 6.61 Å². The van der Waals surface area contributed by atoms with E-state index in [4.69, 9.17) is 0 Å². The van der Waals surface area contributed by atoms with Gasteiger partial charge in [0.25, 0.3) is 11.5 Å². The molecule has 3 rings (SSSR count). The van der Waals surface area contributed by atoms with Gasteiger partial charge in [0.1, 0.15) is 11.2 Å². The van der Waals surface area contributed by atoms with E-state index in [0.29, 0.717) is 5.65 Å². The standard InChI is InChI=1S/C18H17N3O3/c1-12-7-8-21-16(9-12)19-10-14(18(21)24)17(23)20-15(11-22)13-5-3-2-4-6-13/h2-10,15,22H,11H2,1H3,(H,20,23). The lowest BCUT2D eigenvalue weighted by Crippen LogP contribution is -2.35. The minimum atomic E-state index is -0.586. The SMILES string of the molecule is Cc1ccn2c(=O)c(C(=O)NC(CO)c3ccccc3)cnc2c1. The average molecular weight is 323 g/mol. The second-order valence-corrected chi connectivity index (χ2v) is 5.53. The molecule has 1 amide bonds. The van der Waals surface area contributed by atoms with E-state index in [9.17, 15) is 14.7 Å². The van der Waals surface area contributed by atoms with Gasteiger partial charge < -0.3 is 10.4 Å². The number of carbonyl (C=O) groups is 1. The van der Waals surface area contributed by atoms with E-state index < -0.39 is 17.5 Å². The minimum Gasteiger partial charge on any atom is -0.394 e. The third-order valence-corrected chi connectivity index (χ3v) is 3.80. The largest absolute Gasteiger partial charge is 0.394 e. The molecule has 1 atom stereocenters. The predicted octanol–water partition coefficient (Wildman–Crippen LogP) is 1.47. The second kappa shape index (κ2) is 6.64. The Hall–Kier alpha value is -2.99. The number of aromatic nitrogens is 2. The van der Waals surface area contributed by atoms with Gasteiger partial charge in [-0.25, -0.2) is 4.98 Å². The molecule has 0 aliphatic heterocycles. The van der Waals surface area contributed by atoms with Gasteiger partial charge in [-0.3, -0.25) is 14.0 Å². The molecule has 1 unspecified atom stereocenters. The number of carbonyl (C=O) groups excluding carboxylic acids is 1. The topological polar surface area (TPSA) is 83.7 Å². The molecule has 6 heteroatoms. The molecule has 0 bridgehead atoms. The fourth-order valence-electron chi connectivity index (χ4n) is 2.49. The van der Waals surface area contributed by atoms with Crippen molar-refractivity contribution in [2.45, 2.75) is 13.0 Å². The van der Waals surface area contributed by atoms with E-state index in [2.05, 4.69) is 10.3 Å². The Morgan fingerprint density at radius 2 is 2.04 bits per heavy atom. The molecule has 0 saturated carbocycles. The Morgan fingerprint density at radius 1 is 1.29 bits per heavy atom. The number of fused-ring (bicyclic) bond motifs is 1. The first-order valence-corrected chi connectivity index (χ1v) is 7.55. The smallest absolute Gasteiger partial charge is 0.270 e. The number of aliphatic hydroxyl groups excluding tert-OH is 1. The van der Waals surface area contributed by atoms with Crippen LogP contribution in [0.4, 0.5) is 0 Å². The van der Waals surface area contributed by atoms with Gasteiger partial charge in [0.2, 0.25) is 0 Å². The molecule has 0 radical (unpaired) electrons. The maximum absolute atomic E-state index is 12.5. The normalized spacial score (nSPS) is 12.1. The third-order valence-electron chi connectivity index (χ3n) is 3.80. The van der Waals surface area contributed by atoms with Crippen LogP contribution in [0.15, 0.2) is 59.7 Å². The summed E-state index contributed by atoms with van der Waals surface area (Å²) in [4.78, 5) is 29.1. The van der Waals surface area contributed by atoms with Crippen LogP contribution in [0.25, 0.3) is 5.65 Å². The first-order valence-electron chi connectivity index (χ1n) is 7.55. The van der Waals surface area contributed by atoms with Gasteiger partial charge in [-0.2, -0.15) is 0 Å². The molecule has 24 heavy (non-hydrogen) atoms. The van der Waals surface area contributed by atoms with Gasteiger partial charge in [0.15, 0.2) is 0 Å². The van der Waals surface area contributed by atoms with Gasteiger partial charge >= 0.3 is 0 Å². The predicted molar refractivity (Wildman–Crippen MR) is 89.9 cm³/mol. The van der Waals surface area contributed by atoms with Crippen molar-refractivity contribution in [1.82, 2.24) is 14.7 Å². The van der Waals surface area contributed by atoms with Crippen LogP contribution in [0.5, 0.6) is 0 Å². The molecular weight excluding hydrogens is 306 g/mol. The highest BCUT2D eigenvalue weighted by atomic mass is 16.3. The van der Waals surface area contributed by atoms with Gasteiger partial charge in [-0.05, 0) is 30.2 Å². The summed E-state index contributed by atoms with van der Waals surface area (Å²) in [6.45, 7) is 1.63. The number of aliphatic hydroxyl groups is 1. The molecule has 0 aliphatic rings. The van der Waals surface area contributed by atoms with Crippen LogP contribution < -0.4 is 10.9 Å². The molecule has 0 fully saturated rings. The van der Waals surface area contributed by atoms with Crippen LogP contribution in [0, 0.1) is 6.92 Å². The zero-order valence-corrected chi connectivity index (χ0v) is 13.1. The average Bonchev–Trinajstić information content (AvgIpc) is 2.60. The molecule has 122 valence electrons. The van der Waals surface area contributed by atoms with Gasteiger partial charge in [0, 0.05) is 12.4 Å². The quantitative estimate of drug-likeness (QED) is 0.761. The summed E-state index contributed by atoms with van der Waals surface area (Å²) >= 11 is 0. The van der Waals surface area contributed by atoms with E-state index in [1.54, 1.807) is 30.5 Å². The lowest BCUT2D eigenvalue weighted by atomic mass is 10.1. The Kier molecular flexibility index (Phi) is 4.39. The van der Waals surface area contributed by atoms with Gasteiger partial charge in [-0.15, -0.1) is 0 Å². The molecule has 6 nitrogen and oxygen atoms in total. The summed E-state index contributed by atoms with van der Waals surface area (Å²) in [5.74, 6) is -0.564. The first kappa shape index (κ1) is 15.9. The van der Waals surface area contributed by atoms with Crippen LogP contribution >= 0.6 is 0 Å². The Labute approximate surface area is 138 Å². The number of nitrogens with zero attached hydrogens (tertiary/aromatic N) is 2. The zero-order chi connectivity index (χ0) is 17.1. The lowest BCUT2D eigenvalue weighted by molar-refractivity contribution is 0.0914. The molecule has 0 spiro atoms. The maximum atomic E-state index is 12.5. The molecule has 2 aromatic heterocycles. The summed E-state index contributed by atoms with van der Waals surface area (Å²) in [6, 6.07) is 12.0. The Morgan fingerprint density at radius 3 is 2.75 bits per heavy atom. The molecular formula is C18H17N3O3. The zero-order valence-electron chi connectivity index (χ0n) is 13.1. The summed E-state index contributed by atoms with van der Waals surface area (Å²) in [7, 11) is 0. The molecule has 3 aromatic rings. The van der Waals surface area contributed by atoms with Crippen LogP contribution in [0.1, 0.15) is 27.5 Å². The highest BCUT2D eigenvalue weighted by Crippen LogP contribution is 2.12. The highest BCUT2D eigenvalue weighted by Gasteiger charge is 2.18. The fourth-order valence-corrected chi connectivity index (χ4v) is 2.49. The summed E-state index contributed by atoms with van der Waals surface area (Å²) in [5.41, 5.74) is 1.72. The van der Waals surface area contributed by atoms with Crippen LogP contribution in [-0.2, 0) is 0 Å². The van der Waals surface area contributed by atoms with Crippen molar-refractivity contribution in [1.29, 1.82) is 0 Å². The summed E-state index contributed by atoms with van der Waals surface area (Å²) in [5, 5.41) is 12.2. The summed E-state index contributed by atoms with van der Waals surface area (Å²) in [6.07, 6.45) is 2.86. The van der Waals surface area contributed by atoms with E-state index in [-0.39, 0.29) is 12.2 Å². The lowest BCUT2D eigenvalue weighted by Gasteiger charge is -2.16. The summed E-state index contributed by atoms with van der Waals surface area (Å²) < 4.78 is 1.33. The van der Waals surface area contributed by atoms with E-state index in [1.807, 2.05) is 25.1 Å². The Bertz CT molecular complexity index is 935. The second-order valence-electron chi connectivity index (χ2n) is 5.53. The number of aryl methyl sites for hydroxylation is 1. The monoisotopic (exact) mass is 323 g/mol. The number of rotatable bonds is 4. The highest BCUT2D eigenvalue weighted by molar-refractivity contribution is 5.94. The number of pyridine rings is 1. The van der Waals surface area contributed by atoms with Crippen molar-refractivity contribution >= 4 is 11.6 Å². The van der Waals surface area contributed by atoms with Crippen LogP contribution in [0.2, 0.25) is 0 Å².